The maximum atomic E-state index is 14.0. The van der Waals surface area contributed by atoms with Crippen LogP contribution in [0.5, 0.6) is 11.5 Å². The Balaban J connectivity index is 1.48. The van der Waals surface area contributed by atoms with Crippen LogP contribution in [0.15, 0.2) is 69.8 Å². The second-order valence-corrected chi connectivity index (χ2v) is 12.6. The van der Waals surface area contributed by atoms with Crippen molar-refractivity contribution in [2.24, 2.45) is 17.8 Å². The lowest BCUT2D eigenvalue weighted by Crippen LogP contribution is -2.39. The molecule has 41 heavy (non-hydrogen) atoms. The molecule has 4 unspecified atom stereocenters. The summed E-state index contributed by atoms with van der Waals surface area (Å²) in [6, 6.07) is 9.77. The van der Waals surface area contributed by atoms with Crippen LogP contribution in [0.1, 0.15) is 41.6 Å². The molecule has 6 rings (SSSR count). The average Bonchev–Trinajstić information content (AvgIpc) is 3.21. The quantitative estimate of drug-likeness (QED) is 0.152. The van der Waals surface area contributed by atoms with Crippen molar-refractivity contribution >= 4 is 73.4 Å². The number of amides is 2. The molecule has 1 heterocycles. The van der Waals surface area contributed by atoms with Crippen LogP contribution in [0.3, 0.4) is 0 Å². The number of methoxy groups -OCH3 is 1. The summed E-state index contributed by atoms with van der Waals surface area (Å²) in [5.41, 5.74) is 2.98. The monoisotopic (exact) mass is 727 g/mol. The number of Topliss-reactive ketones (excluding diaryl/α,β-unsaturated/α-hetero) is 2. The van der Waals surface area contributed by atoms with E-state index in [4.69, 9.17) is 4.74 Å². The first-order chi connectivity index (χ1) is 19.5. The highest BCUT2D eigenvalue weighted by Crippen LogP contribution is 2.56. The van der Waals surface area contributed by atoms with Crippen LogP contribution in [0, 0.1) is 21.3 Å². The summed E-state index contributed by atoms with van der Waals surface area (Å²) in [5, 5.41) is 10.5. The second-order valence-electron chi connectivity index (χ2n) is 10.6. The van der Waals surface area contributed by atoms with Crippen molar-refractivity contribution < 1.29 is 33.8 Å². The number of phenolic OH excluding ortho intramolecular Hbond substituents is 1. The normalized spacial score (nSPS) is 25.4. The van der Waals surface area contributed by atoms with E-state index in [1.807, 2.05) is 28.7 Å². The molecule has 0 aromatic heterocycles. The average molecular weight is 728 g/mol. The van der Waals surface area contributed by atoms with Crippen molar-refractivity contribution in [3.63, 3.8) is 0 Å². The van der Waals surface area contributed by atoms with E-state index in [1.54, 1.807) is 36.4 Å². The Labute approximate surface area is 257 Å². The number of fused-ring (bicyclic) bond motifs is 3. The molecule has 0 spiro atoms. The van der Waals surface area contributed by atoms with Gasteiger partial charge in [-0.2, -0.15) is 0 Å². The summed E-state index contributed by atoms with van der Waals surface area (Å²) in [7, 11) is 1.43. The molecule has 0 saturated carbocycles. The van der Waals surface area contributed by atoms with Crippen LogP contribution in [0.4, 0.5) is 5.69 Å². The van der Waals surface area contributed by atoms with Gasteiger partial charge >= 0.3 is 0 Å². The van der Waals surface area contributed by atoms with Gasteiger partial charge in [-0.15, -0.1) is 0 Å². The van der Waals surface area contributed by atoms with Gasteiger partial charge in [-0.05, 0) is 106 Å². The highest BCUT2D eigenvalue weighted by atomic mass is 127. The summed E-state index contributed by atoms with van der Waals surface area (Å²) >= 11 is 5.22. The van der Waals surface area contributed by atoms with Crippen LogP contribution in [-0.4, -0.2) is 41.4 Å². The first-order valence-corrected chi connectivity index (χ1v) is 14.8. The molecule has 2 amide bonds. The van der Waals surface area contributed by atoms with Crippen LogP contribution >= 0.6 is 38.5 Å². The summed E-state index contributed by atoms with van der Waals surface area (Å²) in [5.74, 6) is -3.74. The third-order valence-electron chi connectivity index (χ3n) is 8.47. The van der Waals surface area contributed by atoms with Gasteiger partial charge in [0.2, 0.25) is 11.8 Å². The second kappa shape index (κ2) is 10.2. The Hall–Kier alpha value is -3.38. The summed E-state index contributed by atoms with van der Waals surface area (Å²) in [6.07, 6.45) is 3.66. The van der Waals surface area contributed by atoms with Gasteiger partial charge in [-0.3, -0.25) is 28.9 Å². The number of rotatable bonds is 4. The zero-order valence-electron chi connectivity index (χ0n) is 21.9. The van der Waals surface area contributed by atoms with E-state index in [2.05, 4.69) is 15.9 Å². The fraction of sp³-hybridized carbons (Fsp3) is 0.258. The summed E-state index contributed by atoms with van der Waals surface area (Å²) in [4.78, 5) is 67.4. The molecule has 2 aromatic rings. The lowest BCUT2D eigenvalue weighted by atomic mass is 9.59. The predicted molar refractivity (Wildman–Crippen MR) is 161 cm³/mol. The van der Waals surface area contributed by atoms with Crippen molar-refractivity contribution in [1.29, 1.82) is 0 Å². The minimum absolute atomic E-state index is 0.0345. The molecule has 3 aliphatic carbocycles. The standard InChI is InChI=1S/C31H23BrINO7/c1-13(35)14-3-5-16(6-4-14)34-30(39)18-8-7-17-19(26(18)31(34)40)11-20-27(23(36)12-21(32)28(20)37)25(17)15-9-22(33)29(38)24(10-15)41-2/h3-7,9-10,12,18-19,25-26,38H,8,11H2,1-2H3. The predicted octanol–water partition coefficient (Wildman–Crippen LogP) is 5.17. The molecule has 1 N–H and O–H groups in total. The van der Waals surface area contributed by atoms with E-state index in [0.717, 1.165) is 5.57 Å². The van der Waals surface area contributed by atoms with Gasteiger partial charge in [0, 0.05) is 28.7 Å². The van der Waals surface area contributed by atoms with Crippen LogP contribution < -0.4 is 9.64 Å². The third-order valence-corrected chi connectivity index (χ3v) is 9.88. The lowest BCUT2D eigenvalue weighted by Gasteiger charge is -2.42. The van der Waals surface area contributed by atoms with Gasteiger partial charge < -0.3 is 9.84 Å². The fourth-order valence-corrected chi connectivity index (χ4v) is 7.67. The van der Waals surface area contributed by atoms with Crippen LogP contribution in [-0.2, 0) is 19.2 Å². The van der Waals surface area contributed by atoms with E-state index in [0.29, 0.717) is 38.0 Å². The number of carbonyl (C=O) groups is 5. The van der Waals surface area contributed by atoms with E-state index in [1.165, 1.54) is 25.0 Å². The maximum absolute atomic E-state index is 14.0. The number of hydrogen-bond acceptors (Lipinski definition) is 7. The highest BCUT2D eigenvalue weighted by Gasteiger charge is 2.56. The van der Waals surface area contributed by atoms with Gasteiger partial charge in [0.05, 0.1) is 32.7 Å². The zero-order chi connectivity index (χ0) is 29.3. The number of anilines is 1. The van der Waals surface area contributed by atoms with Crippen LogP contribution in [0.25, 0.3) is 0 Å². The number of phenols is 1. The van der Waals surface area contributed by atoms with Crippen molar-refractivity contribution in [3.05, 3.63) is 84.4 Å². The Morgan fingerprint density at radius 2 is 1.78 bits per heavy atom. The molecule has 2 aromatic carbocycles. The van der Waals surface area contributed by atoms with E-state index in [9.17, 15) is 29.1 Å². The van der Waals surface area contributed by atoms with E-state index < -0.39 is 23.7 Å². The van der Waals surface area contributed by atoms with Gasteiger partial charge in [0.25, 0.3) is 0 Å². The number of carbonyl (C=O) groups excluding carboxylic acids is 5. The molecule has 208 valence electrons. The number of ether oxygens (including phenoxy) is 1. The molecule has 4 atom stereocenters. The molecule has 1 aliphatic heterocycles. The smallest absolute Gasteiger partial charge is 0.238 e. The number of nitrogens with zero attached hydrogens (tertiary/aromatic N) is 1. The maximum Gasteiger partial charge on any atom is 0.238 e. The van der Waals surface area contributed by atoms with Crippen LogP contribution in [0.2, 0.25) is 0 Å². The molecular weight excluding hydrogens is 705 g/mol. The number of benzene rings is 2. The van der Waals surface area contributed by atoms with Crippen molar-refractivity contribution in [2.75, 3.05) is 12.0 Å². The minimum Gasteiger partial charge on any atom is -0.504 e. The van der Waals surface area contributed by atoms with Crippen molar-refractivity contribution in [2.45, 2.75) is 25.7 Å². The molecule has 4 aliphatic rings. The molecule has 0 bridgehead atoms. The highest BCUT2D eigenvalue weighted by molar-refractivity contribution is 14.1. The Kier molecular flexibility index (Phi) is 6.88. The first-order valence-electron chi connectivity index (χ1n) is 13.0. The Morgan fingerprint density at radius 3 is 2.44 bits per heavy atom. The summed E-state index contributed by atoms with van der Waals surface area (Å²) < 4.78 is 6.05. The minimum atomic E-state index is -0.725. The molecule has 0 radical (unpaired) electrons. The van der Waals surface area contributed by atoms with Gasteiger partial charge in [0.15, 0.2) is 28.8 Å². The largest absolute Gasteiger partial charge is 0.504 e. The Morgan fingerprint density at radius 1 is 1.07 bits per heavy atom. The van der Waals surface area contributed by atoms with Gasteiger partial charge in [-0.25, -0.2) is 0 Å². The number of ketones is 3. The SMILES string of the molecule is COc1cc(C2C3=CCC4C(=O)N(c5ccc(C(C)=O)cc5)C(=O)C4C3CC3=C2C(=O)C=C(Br)C3=O)cc(I)c1O. The van der Waals surface area contributed by atoms with Gasteiger partial charge in [0.1, 0.15) is 0 Å². The number of hydrogen-bond donors (Lipinski definition) is 1. The fourth-order valence-electron chi connectivity index (χ4n) is 6.60. The third kappa shape index (κ3) is 4.25. The first kappa shape index (κ1) is 27.8. The molecule has 10 heteroatoms. The topological polar surface area (TPSA) is 118 Å². The number of halogens is 2. The molecule has 8 nitrogen and oxygen atoms in total. The van der Waals surface area contributed by atoms with Gasteiger partial charge in [-0.1, -0.05) is 11.6 Å². The number of imide groups is 1. The van der Waals surface area contributed by atoms with Crippen molar-refractivity contribution in [1.82, 2.24) is 0 Å². The Bertz CT molecular complexity index is 1690. The molecule has 1 saturated heterocycles. The van der Waals surface area contributed by atoms with Crippen molar-refractivity contribution in [3.8, 4) is 11.5 Å². The number of allylic oxidation sites excluding steroid dienone is 6. The number of aromatic hydroxyl groups is 1. The lowest BCUT2D eigenvalue weighted by molar-refractivity contribution is -0.123. The van der Waals surface area contributed by atoms with E-state index >= 15 is 0 Å². The van der Waals surface area contributed by atoms with E-state index in [-0.39, 0.29) is 51.6 Å². The summed E-state index contributed by atoms with van der Waals surface area (Å²) in [6.45, 7) is 1.45. The zero-order valence-corrected chi connectivity index (χ0v) is 25.7. The molecular formula is C31H23BrINO7. The molecule has 1 fully saturated rings.